The summed E-state index contributed by atoms with van der Waals surface area (Å²) in [5.41, 5.74) is 2.05. The molecule has 0 spiro atoms. The average Bonchev–Trinajstić information content (AvgIpc) is 2.77. The number of carbonyl (C=O) groups is 2. The molecule has 1 atom stereocenters. The van der Waals surface area contributed by atoms with E-state index in [1.165, 1.54) is 5.56 Å². The van der Waals surface area contributed by atoms with Gasteiger partial charge in [-0.1, -0.05) is 32.0 Å². The van der Waals surface area contributed by atoms with Crippen molar-refractivity contribution in [2.75, 3.05) is 20.8 Å². The van der Waals surface area contributed by atoms with Gasteiger partial charge in [0.25, 0.3) is 5.91 Å². The summed E-state index contributed by atoms with van der Waals surface area (Å²) in [5.74, 6) is 0.820. The van der Waals surface area contributed by atoms with Crippen LogP contribution in [0.2, 0.25) is 0 Å². The number of methoxy groups -OCH3 is 1. The van der Waals surface area contributed by atoms with Crippen LogP contribution in [-0.2, 0) is 22.6 Å². The molecule has 6 nitrogen and oxygen atoms in total. The van der Waals surface area contributed by atoms with Crippen LogP contribution >= 0.6 is 15.9 Å². The van der Waals surface area contributed by atoms with Crippen LogP contribution in [0.5, 0.6) is 11.5 Å². The van der Waals surface area contributed by atoms with Gasteiger partial charge in [-0.3, -0.25) is 9.59 Å². The molecule has 0 saturated heterocycles. The number of hydrogen-bond donors (Lipinski definition) is 1. The summed E-state index contributed by atoms with van der Waals surface area (Å²) >= 11 is 3.49. The highest BCUT2D eigenvalue weighted by Gasteiger charge is 2.28. The molecule has 0 unspecified atom stereocenters. The Balaban J connectivity index is 2.21. The lowest BCUT2D eigenvalue weighted by molar-refractivity contribution is -0.142. The Labute approximate surface area is 186 Å². The lowest BCUT2D eigenvalue weighted by Gasteiger charge is -2.30. The second-order valence-corrected chi connectivity index (χ2v) is 7.67. The fourth-order valence-corrected chi connectivity index (χ4v) is 3.70. The maximum absolute atomic E-state index is 13.1. The van der Waals surface area contributed by atoms with Gasteiger partial charge in [-0.15, -0.1) is 0 Å². The number of amides is 2. The summed E-state index contributed by atoms with van der Waals surface area (Å²) in [7, 11) is 3.17. The topological polar surface area (TPSA) is 67.9 Å². The van der Waals surface area contributed by atoms with Crippen LogP contribution in [0.25, 0.3) is 0 Å². The van der Waals surface area contributed by atoms with E-state index < -0.39 is 6.04 Å². The zero-order chi connectivity index (χ0) is 22.1. The molecule has 2 aromatic rings. The normalized spacial score (nSPS) is 11.5. The number of hydrogen-bond acceptors (Lipinski definition) is 4. The maximum atomic E-state index is 13.1. The highest BCUT2D eigenvalue weighted by molar-refractivity contribution is 9.10. The van der Waals surface area contributed by atoms with Gasteiger partial charge in [0.2, 0.25) is 5.91 Å². The summed E-state index contributed by atoms with van der Waals surface area (Å²) in [4.78, 5) is 27.1. The summed E-state index contributed by atoms with van der Waals surface area (Å²) in [5, 5.41) is 2.65. The molecule has 2 amide bonds. The largest absolute Gasteiger partial charge is 0.497 e. The molecule has 0 fully saturated rings. The van der Waals surface area contributed by atoms with Gasteiger partial charge in [-0.05, 0) is 64.2 Å². The van der Waals surface area contributed by atoms with Gasteiger partial charge >= 0.3 is 0 Å². The van der Waals surface area contributed by atoms with E-state index in [-0.39, 0.29) is 25.0 Å². The molecule has 2 aromatic carbocycles. The van der Waals surface area contributed by atoms with Gasteiger partial charge < -0.3 is 19.7 Å². The first-order valence-corrected chi connectivity index (χ1v) is 10.8. The summed E-state index contributed by atoms with van der Waals surface area (Å²) in [6, 6.07) is 12.7. The standard InChI is InChI=1S/C23H29BrN2O4/c1-5-16-10-11-21(19(24)13-16)30-15-22(27)26(20(6-2)23(28)25-3)14-17-8-7-9-18(12-17)29-4/h7-13,20H,5-6,14-15H2,1-4H3,(H,25,28)/t20-/m0/s1. The smallest absolute Gasteiger partial charge is 0.261 e. The third kappa shape index (κ3) is 6.23. The number of nitrogens with zero attached hydrogens (tertiary/aromatic N) is 1. The minimum Gasteiger partial charge on any atom is -0.497 e. The van der Waals surface area contributed by atoms with Crippen molar-refractivity contribution >= 4 is 27.7 Å². The van der Waals surface area contributed by atoms with Crippen molar-refractivity contribution in [3.63, 3.8) is 0 Å². The average molecular weight is 477 g/mol. The lowest BCUT2D eigenvalue weighted by Crippen LogP contribution is -2.49. The first kappa shape index (κ1) is 23.7. The summed E-state index contributed by atoms with van der Waals surface area (Å²) < 4.78 is 11.9. The Morgan fingerprint density at radius 1 is 1.13 bits per heavy atom. The van der Waals surface area contributed by atoms with Crippen molar-refractivity contribution in [2.24, 2.45) is 0 Å². The molecule has 0 aromatic heterocycles. The van der Waals surface area contributed by atoms with Crippen LogP contribution in [0, 0.1) is 0 Å². The minimum absolute atomic E-state index is 0.165. The second kappa shape index (κ2) is 11.6. The van der Waals surface area contributed by atoms with Crippen molar-refractivity contribution in [1.82, 2.24) is 10.2 Å². The molecule has 0 heterocycles. The van der Waals surface area contributed by atoms with Gasteiger partial charge in [0.05, 0.1) is 11.6 Å². The summed E-state index contributed by atoms with van der Waals surface area (Å²) in [6.07, 6.45) is 1.40. The van der Waals surface area contributed by atoms with Crippen molar-refractivity contribution in [1.29, 1.82) is 0 Å². The number of halogens is 1. The molecule has 162 valence electrons. The number of likely N-dealkylation sites (N-methyl/N-ethyl adjacent to an activating group) is 1. The van der Waals surface area contributed by atoms with E-state index in [0.29, 0.717) is 17.9 Å². The van der Waals surface area contributed by atoms with Gasteiger partial charge in [0.1, 0.15) is 17.5 Å². The molecule has 0 aliphatic heterocycles. The Morgan fingerprint density at radius 2 is 1.90 bits per heavy atom. The van der Waals surface area contributed by atoms with E-state index in [1.54, 1.807) is 19.1 Å². The van der Waals surface area contributed by atoms with Crippen molar-refractivity contribution < 1.29 is 19.1 Å². The number of ether oxygens (including phenoxy) is 2. The fourth-order valence-electron chi connectivity index (χ4n) is 3.16. The highest BCUT2D eigenvalue weighted by atomic mass is 79.9. The fraction of sp³-hybridized carbons (Fsp3) is 0.391. The van der Waals surface area contributed by atoms with Crippen LogP contribution in [-0.4, -0.2) is 43.5 Å². The zero-order valence-corrected chi connectivity index (χ0v) is 19.5. The number of benzene rings is 2. The monoisotopic (exact) mass is 476 g/mol. The Bertz CT molecular complexity index is 872. The molecule has 2 rings (SSSR count). The van der Waals surface area contributed by atoms with E-state index in [4.69, 9.17) is 9.47 Å². The molecule has 0 aliphatic carbocycles. The number of aryl methyl sites for hydroxylation is 1. The van der Waals surface area contributed by atoms with Crippen LogP contribution in [0.3, 0.4) is 0 Å². The van der Waals surface area contributed by atoms with Crippen LogP contribution in [0.4, 0.5) is 0 Å². The molecule has 0 bridgehead atoms. The SMILES string of the molecule is CCc1ccc(OCC(=O)N(Cc2cccc(OC)c2)[C@@H](CC)C(=O)NC)c(Br)c1. The Kier molecular flexibility index (Phi) is 9.17. The molecule has 30 heavy (non-hydrogen) atoms. The maximum Gasteiger partial charge on any atom is 0.261 e. The lowest BCUT2D eigenvalue weighted by atomic mass is 10.1. The van der Waals surface area contributed by atoms with E-state index >= 15 is 0 Å². The number of carbonyl (C=O) groups excluding carboxylic acids is 2. The predicted molar refractivity (Wildman–Crippen MR) is 121 cm³/mol. The summed E-state index contributed by atoms with van der Waals surface area (Å²) in [6.45, 7) is 4.07. The quantitative estimate of drug-likeness (QED) is 0.563. The van der Waals surface area contributed by atoms with E-state index in [1.807, 2.05) is 49.4 Å². The van der Waals surface area contributed by atoms with Gasteiger partial charge in [0.15, 0.2) is 6.61 Å². The third-order valence-electron chi connectivity index (χ3n) is 4.88. The first-order valence-electron chi connectivity index (χ1n) is 9.98. The second-order valence-electron chi connectivity index (χ2n) is 6.82. The van der Waals surface area contributed by atoms with E-state index in [2.05, 4.69) is 28.2 Å². The molecule has 1 N–H and O–H groups in total. The minimum atomic E-state index is -0.594. The third-order valence-corrected chi connectivity index (χ3v) is 5.49. The van der Waals surface area contributed by atoms with Gasteiger partial charge in [-0.2, -0.15) is 0 Å². The molecule has 0 aliphatic rings. The Morgan fingerprint density at radius 3 is 2.50 bits per heavy atom. The number of nitrogens with one attached hydrogen (secondary N) is 1. The molecule has 0 radical (unpaired) electrons. The zero-order valence-electron chi connectivity index (χ0n) is 17.9. The molecular formula is C23H29BrN2O4. The van der Waals surface area contributed by atoms with Crippen LogP contribution in [0.1, 0.15) is 31.4 Å². The van der Waals surface area contributed by atoms with Crippen molar-refractivity contribution in [2.45, 2.75) is 39.3 Å². The van der Waals surface area contributed by atoms with E-state index in [9.17, 15) is 9.59 Å². The van der Waals surface area contributed by atoms with Gasteiger partial charge in [0, 0.05) is 13.6 Å². The Hall–Kier alpha value is -2.54. The van der Waals surface area contributed by atoms with Crippen LogP contribution < -0.4 is 14.8 Å². The first-order chi connectivity index (χ1) is 14.4. The number of rotatable bonds is 10. The van der Waals surface area contributed by atoms with E-state index in [0.717, 1.165) is 16.5 Å². The highest BCUT2D eigenvalue weighted by Crippen LogP contribution is 2.26. The molecular weight excluding hydrogens is 448 g/mol. The molecule has 0 saturated carbocycles. The molecule has 7 heteroatoms. The van der Waals surface area contributed by atoms with Gasteiger partial charge in [-0.25, -0.2) is 0 Å². The predicted octanol–water partition coefficient (Wildman–Crippen LogP) is 3.95. The van der Waals surface area contributed by atoms with Crippen LogP contribution in [0.15, 0.2) is 46.9 Å². The van der Waals surface area contributed by atoms with Crippen molar-refractivity contribution in [3.8, 4) is 11.5 Å². The van der Waals surface area contributed by atoms with Crippen molar-refractivity contribution in [3.05, 3.63) is 58.1 Å².